The molecule has 5 heteroatoms. The number of nitrogens with two attached hydrogens (primary N) is 1. The molecule has 0 atom stereocenters. The van der Waals surface area contributed by atoms with E-state index in [1.807, 2.05) is 24.3 Å². The molecule has 0 radical (unpaired) electrons. The number of aryl methyl sites for hydroxylation is 1. The van der Waals surface area contributed by atoms with Gasteiger partial charge in [-0.2, -0.15) is 0 Å². The molecular weight excluding hydrogens is 288 g/mol. The Morgan fingerprint density at radius 2 is 2.10 bits per heavy atom. The van der Waals surface area contributed by atoms with E-state index in [1.165, 1.54) is 0 Å². The number of nitrogen functional groups attached to an aromatic ring is 1. The van der Waals surface area contributed by atoms with Crippen LogP contribution in [0.2, 0.25) is 5.02 Å². The van der Waals surface area contributed by atoms with Crippen LogP contribution in [-0.2, 0) is 13.0 Å². The maximum atomic E-state index is 6.08. The fraction of sp³-hybridized carbons (Fsp3) is 0.188. The second-order valence-corrected chi connectivity index (χ2v) is 5.14. The molecule has 0 aliphatic rings. The molecule has 2 N–H and O–H groups in total. The van der Waals surface area contributed by atoms with Crippen molar-refractivity contribution in [2.24, 2.45) is 0 Å². The van der Waals surface area contributed by atoms with E-state index in [2.05, 4.69) is 11.9 Å². The molecule has 0 fully saturated rings. The summed E-state index contributed by atoms with van der Waals surface area (Å²) in [6, 6.07) is 11.0. The quantitative estimate of drug-likeness (QED) is 0.734. The number of rotatable bonds is 4. The molecule has 0 spiro atoms. The molecule has 0 aliphatic carbocycles. The Bertz CT molecular complexity index is 783. The first-order valence-corrected chi connectivity index (χ1v) is 7.09. The zero-order valence-corrected chi connectivity index (χ0v) is 12.4. The Morgan fingerprint density at radius 3 is 2.90 bits per heavy atom. The summed E-state index contributed by atoms with van der Waals surface area (Å²) in [5.41, 5.74) is 8.85. The van der Waals surface area contributed by atoms with Gasteiger partial charge >= 0.3 is 0 Å². The molecule has 4 nitrogen and oxygen atoms in total. The third-order valence-corrected chi connectivity index (χ3v) is 3.59. The summed E-state index contributed by atoms with van der Waals surface area (Å²) in [6.07, 6.45) is 0.859. The van der Waals surface area contributed by atoms with Gasteiger partial charge in [0.15, 0.2) is 12.2 Å². The topological polar surface area (TPSA) is 61.3 Å². The summed E-state index contributed by atoms with van der Waals surface area (Å²) in [7, 11) is 0. The van der Waals surface area contributed by atoms with E-state index >= 15 is 0 Å². The van der Waals surface area contributed by atoms with Gasteiger partial charge in [0, 0.05) is 16.8 Å². The highest BCUT2D eigenvalue weighted by Crippen LogP contribution is 2.24. The minimum absolute atomic E-state index is 0.263. The molecule has 3 aromatic rings. The lowest BCUT2D eigenvalue weighted by atomic mass is 10.1. The lowest BCUT2D eigenvalue weighted by Crippen LogP contribution is -1.96. The molecule has 0 bridgehead atoms. The highest BCUT2D eigenvalue weighted by molar-refractivity contribution is 6.31. The highest BCUT2D eigenvalue weighted by Gasteiger charge is 2.07. The molecule has 21 heavy (non-hydrogen) atoms. The van der Waals surface area contributed by atoms with Gasteiger partial charge in [-0.05, 0) is 42.3 Å². The van der Waals surface area contributed by atoms with Crippen molar-refractivity contribution < 1.29 is 9.15 Å². The van der Waals surface area contributed by atoms with Gasteiger partial charge in [-0.1, -0.05) is 18.5 Å². The van der Waals surface area contributed by atoms with Gasteiger partial charge in [0.1, 0.15) is 11.3 Å². The number of anilines is 1. The minimum Gasteiger partial charge on any atom is -0.484 e. The third-order valence-electron chi connectivity index (χ3n) is 3.22. The zero-order valence-electron chi connectivity index (χ0n) is 11.6. The van der Waals surface area contributed by atoms with Crippen LogP contribution in [0.1, 0.15) is 18.4 Å². The van der Waals surface area contributed by atoms with Crippen molar-refractivity contribution in [3.05, 3.63) is 52.9 Å². The maximum absolute atomic E-state index is 6.08. The number of nitrogens with zero attached hydrogens (tertiary/aromatic N) is 1. The lowest BCUT2D eigenvalue weighted by Gasteiger charge is -2.06. The SMILES string of the molecule is CCc1cc(OCc2nc3ccc(N)cc3o2)ccc1Cl. The van der Waals surface area contributed by atoms with Gasteiger partial charge < -0.3 is 14.9 Å². The number of aromatic nitrogens is 1. The summed E-state index contributed by atoms with van der Waals surface area (Å²) < 4.78 is 11.3. The molecule has 0 saturated heterocycles. The van der Waals surface area contributed by atoms with Crippen LogP contribution in [0, 0.1) is 0 Å². The van der Waals surface area contributed by atoms with Crippen molar-refractivity contribution in [1.82, 2.24) is 4.98 Å². The van der Waals surface area contributed by atoms with Gasteiger partial charge in [-0.15, -0.1) is 0 Å². The van der Waals surface area contributed by atoms with Crippen LogP contribution in [0.25, 0.3) is 11.1 Å². The van der Waals surface area contributed by atoms with E-state index in [1.54, 1.807) is 12.1 Å². The first-order valence-electron chi connectivity index (χ1n) is 6.72. The summed E-state index contributed by atoms with van der Waals surface area (Å²) in [5.74, 6) is 1.27. The largest absolute Gasteiger partial charge is 0.484 e. The number of fused-ring (bicyclic) bond motifs is 1. The maximum Gasteiger partial charge on any atom is 0.233 e. The second kappa shape index (κ2) is 5.66. The predicted octanol–water partition coefficient (Wildman–Crippen LogP) is 4.20. The van der Waals surface area contributed by atoms with Gasteiger partial charge in [-0.3, -0.25) is 0 Å². The Balaban J connectivity index is 1.76. The average Bonchev–Trinajstić information content (AvgIpc) is 2.88. The van der Waals surface area contributed by atoms with Crippen LogP contribution in [0.5, 0.6) is 5.75 Å². The summed E-state index contributed by atoms with van der Waals surface area (Å²) in [5, 5.41) is 0.752. The summed E-state index contributed by atoms with van der Waals surface area (Å²) in [6.45, 7) is 2.32. The second-order valence-electron chi connectivity index (χ2n) is 4.73. The van der Waals surface area contributed by atoms with Crippen LogP contribution in [-0.4, -0.2) is 4.98 Å². The smallest absolute Gasteiger partial charge is 0.233 e. The van der Waals surface area contributed by atoms with E-state index in [-0.39, 0.29) is 6.61 Å². The van der Waals surface area contributed by atoms with Gasteiger partial charge in [-0.25, -0.2) is 4.98 Å². The Hall–Kier alpha value is -2.20. The molecule has 0 amide bonds. The van der Waals surface area contributed by atoms with Gasteiger partial charge in [0.05, 0.1) is 0 Å². The van der Waals surface area contributed by atoms with E-state index in [9.17, 15) is 0 Å². The lowest BCUT2D eigenvalue weighted by molar-refractivity contribution is 0.267. The number of oxazole rings is 1. The van der Waals surface area contributed by atoms with Crippen molar-refractivity contribution in [1.29, 1.82) is 0 Å². The normalized spacial score (nSPS) is 11.0. The highest BCUT2D eigenvalue weighted by atomic mass is 35.5. The first kappa shape index (κ1) is 13.8. The standard InChI is InChI=1S/C16H15ClN2O2/c1-2-10-7-12(4-5-13(10)17)20-9-16-19-14-6-3-11(18)8-15(14)21-16/h3-8H,2,9,18H2,1H3. The van der Waals surface area contributed by atoms with Crippen molar-refractivity contribution in [2.75, 3.05) is 5.73 Å². The minimum atomic E-state index is 0.263. The van der Waals surface area contributed by atoms with Crippen LogP contribution in [0.4, 0.5) is 5.69 Å². The number of ether oxygens (including phenoxy) is 1. The van der Waals surface area contributed by atoms with Crippen molar-refractivity contribution in [3.63, 3.8) is 0 Å². The third kappa shape index (κ3) is 2.95. The molecule has 3 rings (SSSR count). The number of hydrogen-bond acceptors (Lipinski definition) is 4. The molecule has 0 unspecified atom stereocenters. The van der Waals surface area contributed by atoms with Crippen molar-refractivity contribution in [3.8, 4) is 5.75 Å². The Morgan fingerprint density at radius 1 is 1.24 bits per heavy atom. The average molecular weight is 303 g/mol. The van der Waals surface area contributed by atoms with Crippen LogP contribution < -0.4 is 10.5 Å². The zero-order chi connectivity index (χ0) is 14.8. The fourth-order valence-electron chi connectivity index (χ4n) is 2.11. The summed E-state index contributed by atoms with van der Waals surface area (Å²) in [4.78, 5) is 4.36. The molecular formula is C16H15ClN2O2. The first-order chi connectivity index (χ1) is 10.2. The molecule has 0 saturated carbocycles. The van der Waals surface area contributed by atoms with Crippen molar-refractivity contribution in [2.45, 2.75) is 20.0 Å². The van der Waals surface area contributed by atoms with E-state index < -0.39 is 0 Å². The molecule has 2 aromatic carbocycles. The predicted molar refractivity (Wildman–Crippen MR) is 83.6 cm³/mol. The van der Waals surface area contributed by atoms with Crippen LogP contribution in [0.3, 0.4) is 0 Å². The fourth-order valence-corrected chi connectivity index (χ4v) is 2.36. The molecule has 0 aliphatic heterocycles. The van der Waals surface area contributed by atoms with Gasteiger partial charge in [0.25, 0.3) is 0 Å². The number of halogens is 1. The van der Waals surface area contributed by atoms with Crippen LogP contribution >= 0.6 is 11.6 Å². The molecule has 1 aromatic heterocycles. The van der Waals surface area contributed by atoms with Gasteiger partial charge in [0.2, 0.25) is 5.89 Å². The van der Waals surface area contributed by atoms with E-state index in [0.29, 0.717) is 17.2 Å². The molecule has 108 valence electrons. The monoisotopic (exact) mass is 302 g/mol. The van der Waals surface area contributed by atoms with Crippen molar-refractivity contribution >= 4 is 28.4 Å². The Labute approximate surface area is 127 Å². The van der Waals surface area contributed by atoms with Crippen LogP contribution in [0.15, 0.2) is 40.8 Å². The number of benzene rings is 2. The van der Waals surface area contributed by atoms with E-state index in [0.717, 1.165) is 28.3 Å². The summed E-state index contributed by atoms with van der Waals surface area (Å²) >= 11 is 6.08. The van der Waals surface area contributed by atoms with E-state index in [4.69, 9.17) is 26.5 Å². The Kier molecular flexibility index (Phi) is 3.71. The molecule has 1 heterocycles. The number of hydrogen-bond donors (Lipinski definition) is 1.